The van der Waals surface area contributed by atoms with Crippen LogP contribution in [0.1, 0.15) is 31.0 Å². The molecule has 0 aliphatic heterocycles. The summed E-state index contributed by atoms with van der Waals surface area (Å²) < 4.78 is 27.2. The molecule has 1 atom stereocenters. The van der Waals surface area contributed by atoms with E-state index in [9.17, 15) is 8.78 Å². The molecule has 0 bridgehead atoms. The number of benzene rings is 1. The number of aryl methyl sites for hydroxylation is 1. The van der Waals surface area contributed by atoms with Gasteiger partial charge >= 0.3 is 0 Å². The van der Waals surface area contributed by atoms with Gasteiger partial charge in [-0.25, -0.2) is 8.78 Å². The summed E-state index contributed by atoms with van der Waals surface area (Å²) in [5, 5.41) is 0. The first-order chi connectivity index (χ1) is 6.99. The minimum absolute atomic E-state index is 0.0146. The van der Waals surface area contributed by atoms with Gasteiger partial charge in [0.05, 0.1) is 6.04 Å². The zero-order valence-electron chi connectivity index (χ0n) is 9.14. The molecule has 15 heavy (non-hydrogen) atoms. The number of halogens is 2. The summed E-state index contributed by atoms with van der Waals surface area (Å²) in [5.74, 6) is 4.24. The summed E-state index contributed by atoms with van der Waals surface area (Å²) in [6.45, 7) is 5.31. The fourth-order valence-electron chi connectivity index (χ4n) is 1.57. The minimum Gasteiger partial charge on any atom is -0.271 e. The second-order valence-corrected chi connectivity index (χ2v) is 3.98. The fourth-order valence-corrected chi connectivity index (χ4v) is 1.57. The topological polar surface area (TPSA) is 38.0 Å². The van der Waals surface area contributed by atoms with Gasteiger partial charge in [-0.15, -0.1) is 0 Å². The first kappa shape index (κ1) is 12.1. The SMILES string of the molecule is Cc1ccc(F)c(C(NN)C(C)C)c1F. The largest absolute Gasteiger partial charge is 0.271 e. The highest BCUT2D eigenvalue weighted by Crippen LogP contribution is 2.27. The Labute approximate surface area is 88.4 Å². The van der Waals surface area contributed by atoms with E-state index in [1.165, 1.54) is 12.1 Å². The molecule has 0 radical (unpaired) electrons. The maximum Gasteiger partial charge on any atom is 0.133 e. The van der Waals surface area contributed by atoms with Crippen molar-refractivity contribution in [3.63, 3.8) is 0 Å². The van der Waals surface area contributed by atoms with Gasteiger partial charge in [0.1, 0.15) is 11.6 Å². The van der Waals surface area contributed by atoms with Gasteiger partial charge in [0.15, 0.2) is 0 Å². The Bertz CT molecular complexity index is 351. The standard InChI is InChI=1S/C11H16F2N2/c1-6(2)11(15-14)9-8(12)5-4-7(3)10(9)13/h4-6,11,15H,14H2,1-3H3. The molecule has 0 aromatic heterocycles. The molecule has 2 nitrogen and oxygen atoms in total. The molecule has 0 heterocycles. The molecule has 0 saturated carbocycles. The van der Waals surface area contributed by atoms with Crippen molar-refractivity contribution in [2.24, 2.45) is 11.8 Å². The zero-order chi connectivity index (χ0) is 11.6. The molecular formula is C11H16F2N2. The summed E-state index contributed by atoms with van der Waals surface area (Å²) in [5.41, 5.74) is 2.89. The molecule has 1 unspecified atom stereocenters. The van der Waals surface area contributed by atoms with Crippen LogP contribution in [0.2, 0.25) is 0 Å². The second kappa shape index (κ2) is 4.68. The van der Waals surface area contributed by atoms with Crippen molar-refractivity contribution in [1.29, 1.82) is 0 Å². The molecule has 3 N–H and O–H groups in total. The molecule has 84 valence electrons. The molecule has 1 aromatic carbocycles. The van der Waals surface area contributed by atoms with Crippen LogP contribution >= 0.6 is 0 Å². The van der Waals surface area contributed by atoms with E-state index < -0.39 is 17.7 Å². The summed E-state index contributed by atoms with van der Waals surface area (Å²) >= 11 is 0. The average molecular weight is 214 g/mol. The van der Waals surface area contributed by atoms with Crippen molar-refractivity contribution in [2.45, 2.75) is 26.8 Å². The summed E-state index contributed by atoms with van der Waals surface area (Å²) in [7, 11) is 0. The molecule has 0 spiro atoms. The lowest BCUT2D eigenvalue weighted by Gasteiger charge is -2.22. The predicted octanol–water partition coefficient (Wildman–Crippen LogP) is 2.43. The lowest BCUT2D eigenvalue weighted by molar-refractivity contribution is 0.386. The predicted molar refractivity (Wildman–Crippen MR) is 56.0 cm³/mol. The minimum atomic E-state index is -0.560. The van der Waals surface area contributed by atoms with Gasteiger partial charge in [0.2, 0.25) is 0 Å². The molecule has 4 heteroatoms. The highest BCUT2D eigenvalue weighted by atomic mass is 19.1. The normalized spacial score (nSPS) is 13.3. The Morgan fingerprint density at radius 1 is 1.27 bits per heavy atom. The molecular weight excluding hydrogens is 198 g/mol. The van der Waals surface area contributed by atoms with Crippen molar-refractivity contribution in [3.05, 3.63) is 34.9 Å². The second-order valence-electron chi connectivity index (χ2n) is 3.98. The Hall–Kier alpha value is -1.00. The summed E-state index contributed by atoms with van der Waals surface area (Å²) in [6, 6.07) is 2.17. The van der Waals surface area contributed by atoms with E-state index in [4.69, 9.17) is 5.84 Å². The van der Waals surface area contributed by atoms with Crippen LogP contribution in [0.4, 0.5) is 8.78 Å². The van der Waals surface area contributed by atoms with Crippen LogP contribution in [-0.2, 0) is 0 Å². The quantitative estimate of drug-likeness (QED) is 0.599. The van der Waals surface area contributed by atoms with Gasteiger partial charge in [0, 0.05) is 5.56 Å². The fraction of sp³-hybridized carbons (Fsp3) is 0.455. The lowest BCUT2D eigenvalue weighted by Crippen LogP contribution is -2.33. The average Bonchev–Trinajstić information content (AvgIpc) is 2.18. The number of nitrogens with two attached hydrogens (primary N) is 1. The lowest BCUT2D eigenvalue weighted by atomic mass is 9.94. The van der Waals surface area contributed by atoms with Gasteiger partial charge in [-0.2, -0.15) is 0 Å². The Kier molecular flexibility index (Phi) is 3.77. The van der Waals surface area contributed by atoms with E-state index >= 15 is 0 Å². The number of hydrogen-bond acceptors (Lipinski definition) is 2. The zero-order valence-corrected chi connectivity index (χ0v) is 9.14. The summed E-state index contributed by atoms with van der Waals surface area (Å²) in [6.07, 6.45) is 0. The maximum atomic E-state index is 13.7. The van der Waals surface area contributed by atoms with Crippen LogP contribution in [0.25, 0.3) is 0 Å². The van der Waals surface area contributed by atoms with Crippen LogP contribution in [0.3, 0.4) is 0 Å². The number of hydrogen-bond donors (Lipinski definition) is 2. The van der Waals surface area contributed by atoms with E-state index in [-0.39, 0.29) is 11.5 Å². The van der Waals surface area contributed by atoms with E-state index in [2.05, 4.69) is 5.43 Å². The van der Waals surface area contributed by atoms with Crippen molar-refractivity contribution in [2.75, 3.05) is 0 Å². The van der Waals surface area contributed by atoms with Crippen LogP contribution in [0.5, 0.6) is 0 Å². The van der Waals surface area contributed by atoms with Gasteiger partial charge < -0.3 is 0 Å². The molecule has 0 aliphatic rings. The third kappa shape index (κ3) is 2.33. The van der Waals surface area contributed by atoms with E-state index in [0.717, 1.165) is 0 Å². The van der Waals surface area contributed by atoms with E-state index in [1.807, 2.05) is 13.8 Å². The van der Waals surface area contributed by atoms with Gasteiger partial charge in [-0.05, 0) is 24.5 Å². The number of hydrazine groups is 1. The maximum absolute atomic E-state index is 13.7. The van der Waals surface area contributed by atoms with Gasteiger partial charge in [-0.3, -0.25) is 11.3 Å². The van der Waals surface area contributed by atoms with Crippen molar-refractivity contribution >= 4 is 0 Å². The first-order valence-electron chi connectivity index (χ1n) is 4.89. The smallest absolute Gasteiger partial charge is 0.133 e. The molecule has 0 fully saturated rings. The van der Waals surface area contributed by atoms with Crippen LogP contribution in [0, 0.1) is 24.5 Å². The molecule has 0 amide bonds. The third-order valence-electron chi connectivity index (χ3n) is 2.48. The van der Waals surface area contributed by atoms with E-state index in [1.54, 1.807) is 6.92 Å². The van der Waals surface area contributed by atoms with Crippen molar-refractivity contribution in [3.8, 4) is 0 Å². The molecule has 0 aliphatic carbocycles. The van der Waals surface area contributed by atoms with Crippen molar-refractivity contribution in [1.82, 2.24) is 5.43 Å². The molecule has 1 rings (SSSR count). The van der Waals surface area contributed by atoms with Gasteiger partial charge in [0.25, 0.3) is 0 Å². The molecule has 0 saturated heterocycles. The monoisotopic (exact) mass is 214 g/mol. The van der Waals surface area contributed by atoms with Crippen LogP contribution in [-0.4, -0.2) is 0 Å². The van der Waals surface area contributed by atoms with Gasteiger partial charge in [-0.1, -0.05) is 19.9 Å². The Morgan fingerprint density at radius 2 is 1.87 bits per heavy atom. The Morgan fingerprint density at radius 3 is 2.33 bits per heavy atom. The van der Waals surface area contributed by atoms with Crippen LogP contribution in [0.15, 0.2) is 12.1 Å². The third-order valence-corrected chi connectivity index (χ3v) is 2.48. The number of nitrogens with one attached hydrogen (secondary N) is 1. The highest BCUT2D eigenvalue weighted by Gasteiger charge is 2.22. The number of rotatable bonds is 3. The summed E-state index contributed by atoms with van der Waals surface area (Å²) in [4.78, 5) is 0. The first-order valence-corrected chi connectivity index (χ1v) is 4.89. The molecule has 1 aromatic rings. The van der Waals surface area contributed by atoms with E-state index in [0.29, 0.717) is 5.56 Å². The highest BCUT2D eigenvalue weighted by molar-refractivity contribution is 5.29. The van der Waals surface area contributed by atoms with Crippen molar-refractivity contribution < 1.29 is 8.78 Å². The Balaban J connectivity index is 3.27. The van der Waals surface area contributed by atoms with Crippen LogP contribution < -0.4 is 11.3 Å².